The van der Waals surface area contributed by atoms with Crippen molar-refractivity contribution < 1.29 is 18.7 Å². The molecule has 24 heavy (non-hydrogen) atoms. The topological polar surface area (TPSA) is 49.9 Å². The predicted octanol–water partition coefficient (Wildman–Crippen LogP) is 2.32. The van der Waals surface area contributed by atoms with E-state index in [2.05, 4.69) is 0 Å². The molecule has 0 aliphatic carbocycles. The molecule has 6 heteroatoms. The van der Waals surface area contributed by atoms with E-state index in [9.17, 15) is 14.0 Å². The van der Waals surface area contributed by atoms with Gasteiger partial charge in [-0.2, -0.15) is 0 Å². The van der Waals surface area contributed by atoms with Gasteiger partial charge in [-0.15, -0.1) is 0 Å². The molecule has 1 aliphatic heterocycles. The highest BCUT2D eigenvalue weighted by atomic mass is 19.1. The summed E-state index contributed by atoms with van der Waals surface area (Å²) in [5.41, 5.74) is 0.0857. The average Bonchev–Trinajstić information content (AvgIpc) is 2.80. The minimum Gasteiger partial charge on any atom is -0.378 e. The van der Waals surface area contributed by atoms with Crippen LogP contribution in [0.25, 0.3) is 0 Å². The van der Waals surface area contributed by atoms with E-state index in [1.54, 1.807) is 21.9 Å². The van der Waals surface area contributed by atoms with Crippen LogP contribution in [-0.2, 0) is 9.53 Å². The van der Waals surface area contributed by atoms with E-state index in [4.69, 9.17) is 4.74 Å². The molecule has 1 aromatic rings. The zero-order valence-corrected chi connectivity index (χ0v) is 14.3. The first-order chi connectivity index (χ1) is 11.5. The zero-order valence-electron chi connectivity index (χ0n) is 14.3. The van der Waals surface area contributed by atoms with Crippen molar-refractivity contribution in [2.45, 2.75) is 32.8 Å². The monoisotopic (exact) mass is 336 g/mol. The molecule has 132 valence electrons. The van der Waals surface area contributed by atoms with Gasteiger partial charge in [0.15, 0.2) is 0 Å². The van der Waals surface area contributed by atoms with Crippen molar-refractivity contribution in [3.05, 3.63) is 35.6 Å². The Hall–Kier alpha value is -1.95. The summed E-state index contributed by atoms with van der Waals surface area (Å²) >= 11 is 0. The van der Waals surface area contributed by atoms with Crippen LogP contribution in [0, 0.1) is 5.82 Å². The minimum atomic E-state index is -0.509. The lowest BCUT2D eigenvalue weighted by atomic mass is 10.2. The summed E-state index contributed by atoms with van der Waals surface area (Å²) in [7, 11) is 0. The molecule has 0 aromatic heterocycles. The highest BCUT2D eigenvalue weighted by molar-refractivity contribution is 5.94. The zero-order chi connectivity index (χ0) is 17.5. The molecule has 0 spiro atoms. The Balaban J connectivity index is 1.89. The highest BCUT2D eigenvalue weighted by Gasteiger charge is 2.24. The number of amides is 2. The van der Waals surface area contributed by atoms with Gasteiger partial charge in [0.25, 0.3) is 5.91 Å². The van der Waals surface area contributed by atoms with Crippen LogP contribution in [0.15, 0.2) is 24.3 Å². The van der Waals surface area contributed by atoms with E-state index >= 15 is 0 Å². The van der Waals surface area contributed by atoms with Gasteiger partial charge in [-0.1, -0.05) is 12.1 Å². The largest absolute Gasteiger partial charge is 0.378 e. The molecular formula is C18H25FN2O3. The molecule has 0 saturated carbocycles. The molecule has 1 heterocycles. The first kappa shape index (κ1) is 18.4. The Kier molecular flexibility index (Phi) is 6.73. The Labute approximate surface area is 142 Å². The van der Waals surface area contributed by atoms with E-state index in [-0.39, 0.29) is 23.5 Å². The summed E-state index contributed by atoms with van der Waals surface area (Å²) < 4.78 is 19.2. The number of nitrogens with zero attached hydrogens (tertiary/aromatic N) is 2. The number of benzene rings is 1. The lowest BCUT2D eigenvalue weighted by Crippen LogP contribution is -2.38. The van der Waals surface area contributed by atoms with Gasteiger partial charge in [-0.3, -0.25) is 9.59 Å². The second kappa shape index (κ2) is 8.78. The third-order valence-corrected chi connectivity index (χ3v) is 4.01. The van der Waals surface area contributed by atoms with Crippen LogP contribution in [0.3, 0.4) is 0 Å². The molecule has 0 unspecified atom stereocenters. The van der Waals surface area contributed by atoms with Crippen LogP contribution in [0.2, 0.25) is 0 Å². The van der Waals surface area contributed by atoms with Crippen LogP contribution in [0.4, 0.5) is 4.39 Å². The maximum atomic E-state index is 13.8. The molecule has 1 saturated heterocycles. The summed E-state index contributed by atoms with van der Waals surface area (Å²) in [6, 6.07) is 6.00. The van der Waals surface area contributed by atoms with Crippen molar-refractivity contribution in [2.75, 3.05) is 32.8 Å². The van der Waals surface area contributed by atoms with E-state index in [1.807, 2.05) is 13.8 Å². The first-order valence-electron chi connectivity index (χ1n) is 8.42. The number of ether oxygens (including phenoxy) is 1. The fourth-order valence-corrected chi connectivity index (χ4v) is 2.71. The van der Waals surface area contributed by atoms with Crippen molar-refractivity contribution in [2.24, 2.45) is 0 Å². The van der Waals surface area contributed by atoms with Gasteiger partial charge >= 0.3 is 0 Å². The van der Waals surface area contributed by atoms with Crippen molar-refractivity contribution in [3.8, 4) is 0 Å². The Bertz CT molecular complexity index is 577. The van der Waals surface area contributed by atoms with Crippen LogP contribution < -0.4 is 0 Å². The fourth-order valence-electron chi connectivity index (χ4n) is 2.71. The predicted molar refractivity (Wildman–Crippen MR) is 89.2 cm³/mol. The van der Waals surface area contributed by atoms with Gasteiger partial charge in [0.1, 0.15) is 5.82 Å². The van der Waals surface area contributed by atoms with Gasteiger partial charge < -0.3 is 14.5 Å². The highest BCUT2D eigenvalue weighted by Crippen LogP contribution is 2.13. The molecule has 1 aliphatic rings. The van der Waals surface area contributed by atoms with Gasteiger partial charge in [0.2, 0.25) is 5.91 Å². The maximum absolute atomic E-state index is 13.8. The Morgan fingerprint density at radius 1 is 1.12 bits per heavy atom. The molecule has 2 amide bonds. The molecule has 5 nitrogen and oxygen atoms in total. The van der Waals surface area contributed by atoms with E-state index < -0.39 is 5.82 Å². The molecule has 0 atom stereocenters. The van der Waals surface area contributed by atoms with E-state index in [0.717, 1.165) is 0 Å². The quantitative estimate of drug-likeness (QED) is 0.829. The number of hydrogen-bond donors (Lipinski definition) is 0. The number of hydrogen-bond acceptors (Lipinski definition) is 3. The van der Waals surface area contributed by atoms with E-state index in [1.165, 1.54) is 12.1 Å². The summed E-state index contributed by atoms with van der Waals surface area (Å²) in [6.07, 6.45) is 1.15. The van der Waals surface area contributed by atoms with Gasteiger partial charge in [0.05, 0.1) is 24.7 Å². The smallest absolute Gasteiger partial charge is 0.256 e. The Morgan fingerprint density at radius 2 is 1.79 bits per heavy atom. The summed E-state index contributed by atoms with van der Waals surface area (Å²) in [6.45, 7) is 6.31. The number of carbonyl (C=O) groups is 2. The van der Waals surface area contributed by atoms with Crippen molar-refractivity contribution in [3.63, 3.8) is 0 Å². The van der Waals surface area contributed by atoms with Crippen molar-refractivity contribution in [1.29, 1.82) is 0 Å². The minimum absolute atomic E-state index is 0.0378. The first-order valence-corrected chi connectivity index (χ1v) is 8.42. The lowest BCUT2D eigenvalue weighted by Gasteiger charge is -2.22. The van der Waals surface area contributed by atoms with Gasteiger partial charge in [-0.25, -0.2) is 4.39 Å². The lowest BCUT2D eigenvalue weighted by molar-refractivity contribution is -0.132. The summed E-state index contributed by atoms with van der Waals surface area (Å²) in [4.78, 5) is 28.1. The van der Waals surface area contributed by atoms with Crippen LogP contribution in [0.5, 0.6) is 0 Å². The molecule has 1 fully saturated rings. The maximum Gasteiger partial charge on any atom is 0.256 e. The third-order valence-electron chi connectivity index (χ3n) is 4.01. The number of rotatable bonds is 5. The van der Waals surface area contributed by atoms with Crippen LogP contribution in [-0.4, -0.2) is 60.5 Å². The van der Waals surface area contributed by atoms with Gasteiger partial charge in [0, 0.05) is 26.2 Å². The standard InChI is InChI=1S/C18H25FN2O3/c1-14(2)24-13-8-17(22)20-9-5-10-21(12-11-20)18(23)15-6-3-4-7-16(15)19/h3-4,6-7,14H,5,8-13H2,1-2H3. The van der Waals surface area contributed by atoms with Crippen LogP contribution >= 0.6 is 0 Å². The molecule has 0 radical (unpaired) electrons. The molecule has 0 N–H and O–H groups in total. The molecule has 2 rings (SSSR count). The second-order valence-corrected chi connectivity index (χ2v) is 6.18. The summed E-state index contributed by atoms with van der Waals surface area (Å²) in [5, 5.41) is 0. The number of carbonyl (C=O) groups excluding carboxylic acids is 2. The Morgan fingerprint density at radius 3 is 2.50 bits per heavy atom. The van der Waals surface area contributed by atoms with Crippen LogP contribution in [0.1, 0.15) is 37.0 Å². The normalized spacial score (nSPS) is 15.5. The van der Waals surface area contributed by atoms with Gasteiger partial charge in [-0.05, 0) is 32.4 Å². The molecular weight excluding hydrogens is 311 g/mol. The fraction of sp³-hybridized carbons (Fsp3) is 0.556. The number of halogens is 1. The SMILES string of the molecule is CC(C)OCCC(=O)N1CCCN(C(=O)c2ccccc2F)CC1. The van der Waals surface area contributed by atoms with E-state index in [0.29, 0.717) is 45.6 Å². The summed E-state index contributed by atoms with van der Waals surface area (Å²) in [5.74, 6) is -0.785. The molecule has 1 aromatic carbocycles. The molecule has 0 bridgehead atoms. The van der Waals surface area contributed by atoms with Crippen molar-refractivity contribution >= 4 is 11.8 Å². The second-order valence-electron chi connectivity index (χ2n) is 6.18. The van der Waals surface area contributed by atoms with Crippen molar-refractivity contribution in [1.82, 2.24) is 9.80 Å². The third kappa shape index (κ3) is 5.03. The average molecular weight is 336 g/mol.